The zero-order valence-corrected chi connectivity index (χ0v) is 12.7. The van der Waals surface area contributed by atoms with Gasteiger partial charge in [0.05, 0.1) is 11.5 Å². The van der Waals surface area contributed by atoms with Crippen LogP contribution in [0.3, 0.4) is 0 Å². The molecular weight excluding hydrogens is 316 g/mol. The number of halogens is 1. The van der Waals surface area contributed by atoms with Gasteiger partial charge in [-0.2, -0.15) is 0 Å². The summed E-state index contributed by atoms with van der Waals surface area (Å²) in [6, 6.07) is 1.97. The van der Waals surface area contributed by atoms with E-state index >= 15 is 0 Å². The third-order valence-corrected chi connectivity index (χ3v) is 5.67. The second kappa shape index (κ2) is 5.67. The van der Waals surface area contributed by atoms with E-state index in [0.29, 0.717) is 12.3 Å². The molecule has 2 rings (SSSR count). The lowest BCUT2D eigenvalue weighted by Gasteiger charge is -2.22. The van der Waals surface area contributed by atoms with Crippen molar-refractivity contribution in [3.05, 3.63) is 28.5 Å². The second-order valence-electron chi connectivity index (χ2n) is 4.92. The van der Waals surface area contributed by atoms with Gasteiger partial charge in [-0.25, -0.2) is 8.42 Å². The molecule has 1 aliphatic rings. The van der Waals surface area contributed by atoms with Gasteiger partial charge in [0, 0.05) is 36.5 Å². The van der Waals surface area contributed by atoms with Crippen LogP contribution in [0.2, 0.25) is 0 Å². The number of pyridine rings is 1. The molecule has 0 aliphatic carbocycles. The summed E-state index contributed by atoms with van der Waals surface area (Å²) in [6.45, 7) is 4.20. The van der Waals surface area contributed by atoms with Gasteiger partial charge in [0.25, 0.3) is 0 Å². The van der Waals surface area contributed by atoms with Gasteiger partial charge in [-0.15, -0.1) is 0 Å². The normalized spacial score (nSPS) is 24.7. The van der Waals surface area contributed by atoms with Crippen molar-refractivity contribution >= 4 is 25.8 Å². The summed E-state index contributed by atoms with van der Waals surface area (Å²) in [6.07, 6.45) is 3.53. The Morgan fingerprint density at radius 3 is 3.06 bits per heavy atom. The van der Waals surface area contributed by atoms with E-state index in [1.807, 2.05) is 13.0 Å². The van der Waals surface area contributed by atoms with Crippen LogP contribution in [0.4, 0.5) is 0 Å². The van der Waals surface area contributed by atoms with Crippen LogP contribution in [0, 0.1) is 5.92 Å². The quantitative estimate of drug-likeness (QED) is 0.827. The van der Waals surface area contributed by atoms with Crippen LogP contribution < -0.4 is 0 Å². The van der Waals surface area contributed by atoms with E-state index in [2.05, 4.69) is 25.8 Å². The molecular formula is C12H17BrN2O2S. The monoisotopic (exact) mass is 332 g/mol. The average Bonchev–Trinajstić information content (AvgIpc) is 2.40. The molecule has 1 fully saturated rings. The van der Waals surface area contributed by atoms with Crippen molar-refractivity contribution in [1.29, 1.82) is 0 Å². The largest absolute Gasteiger partial charge is 0.298 e. The third-order valence-electron chi connectivity index (χ3n) is 3.08. The molecule has 6 heteroatoms. The molecule has 0 bridgehead atoms. The minimum Gasteiger partial charge on any atom is -0.298 e. The number of aromatic nitrogens is 1. The van der Waals surface area contributed by atoms with Gasteiger partial charge in [-0.1, -0.05) is 6.92 Å². The number of nitrogens with zero attached hydrogens (tertiary/aromatic N) is 2. The fraction of sp³-hybridized carbons (Fsp3) is 0.583. The molecule has 0 spiro atoms. The molecule has 4 nitrogen and oxygen atoms in total. The van der Waals surface area contributed by atoms with E-state index in [1.54, 1.807) is 12.4 Å². The Morgan fingerprint density at radius 1 is 1.56 bits per heavy atom. The number of sulfone groups is 1. The Morgan fingerprint density at radius 2 is 2.33 bits per heavy atom. The Balaban J connectivity index is 2.08. The van der Waals surface area contributed by atoms with Crippen LogP contribution in [0.15, 0.2) is 22.9 Å². The maximum atomic E-state index is 11.7. The summed E-state index contributed by atoms with van der Waals surface area (Å²) < 4.78 is 24.4. The maximum absolute atomic E-state index is 11.7. The molecule has 1 unspecified atom stereocenters. The number of rotatable bonds is 2. The highest BCUT2D eigenvalue weighted by Gasteiger charge is 2.24. The van der Waals surface area contributed by atoms with Crippen molar-refractivity contribution in [2.45, 2.75) is 13.5 Å². The molecule has 0 N–H and O–H groups in total. The van der Waals surface area contributed by atoms with Gasteiger partial charge in [-0.05, 0) is 33.5 Å². The van der Waals surface area contributed by atoms with Crippen LogP contribution in [0.5, 0.6) is 0 Å². The molecule has 1 saturated heterocycles. The lowest BCUT2D eigenvalue weighted by molar-refractivity contribution is 0.256. The van der Waals surface area contributed by atoms with Gasteiger partial charge in [0.2, 0.25) is 0 Å². The summed E-state index contributed by atoms with van der Waals surface area (Å²) >= 11 is 3.47. The van der Waals surface area contributed by atoms with Crippen molar-refractivity contribution in [3.63, 3.8) is 0 Å². The highest BCUT2D eigenvalue weighted by atomic mass is 79.9. The molecule has 0 amide bonds. The van der Waals surface area contributed by atoms with Crippen LogP contribution in [0.1, 0.15) is 12.5 Å². The van der Waals surface area contributed by atoms with Crippen molar-refractivity contribution < 1.29 is 8.42 Å². The Hall–Kier alpha value is -0.460. The molecule has 2 heterocycles. The zero-order valence-electron chi connectivity index (χ0n) is 10.3. The summed E-state index contributed by atoms with van der Waals surface area (Å²) in [5.74, 6) is 0.763. The summed E-state index contributed by atoms with van der Waals surface area (Å²) in [4.78, 5) is 6.24. The van der Waals surface area contributed by atoms with Gasteiger partial charge in [0.1, 0.15) is 0 Å². The van der Waals surface area contributed by atoms with E-state index in [0.717, 1.165) is 23.1 Å². The van der Waals surface area contributed by atoms with Crippen LogP contribution in [-0.4, -0.2) is 42.9 Å². The van der Waals surface area contributed by atoms with Gasteiger partial charge in [-0.3, -0.25) is 9.88 Å². The zero-order chi connectivity index (χ0) is 13.2. The topological polar surface area (TPSA) is 50.3 Å². The van der Waals surface area contributed by atoms with E-state index in [-0.39, 0.29) is 11.7 Å². The molecule has 100 valence electrons. The van der Waals surface area contributed by atoms with Gasteiger partial charge < -0.3 is 0 Å². The molecule has 18 heavy (non-hydrogen) atoms. The Kier molecular flexibility index (Phi) is 4.40. The fourth-order valence-electron chi connectivity index (χ4n) is 2.29. The maximum Gasteiger partial charge on any atom is 0.151 e. The molecule has 0 radical (unpaired) electrons. The van der Waals surface area contributed by atoms with Crippen molar-refractivity contribution in [1.82, 2.24) is 9.88 Å². The lowest BCUT2D eigenvalue weighted by atomic mass is 10.2. The summed E-state index contributed by atoms with van der Waals surface area (Å²) in [7, 11) is -2.87. The highest BCUT2D eigenvalue weighted by molar-refractivity contribution is 9.10. The molecule has 0 aromatic carbocycles. The summed E-state index contributed by atoms with van der Waals surface area (Å²) in [5.41, 5.74) is 1.15. The van der Waals surface area contributed by atoms with E-state index < -0.39 is 9.84 Å². The molecule has 1 aliphatic heterocycles. The average molecular weight is 333 g/mol. The molecule has 1 atom stereocenters. The van der Waals surface area contributed by atoms with E-state index in [1.165, 1.54) is 0 Å². The molecule has 0 saturated carbocycles. The van der Waals surface area contributed by atoms with Crippen molar-refractivity contribution in [2.75, 3.05) is 24.6 Å². The highest BCUT2D eigenvalue weighted by Crippen LogP contribution is 2.19. The standard InChI is InChI=1S/C12H17BrN2O2S/c1-10-7-15(4-5-18(16,17)9-10)8-11-2-3-14-6-12(11)13/h2-3,6,10H,4-5,7-9H2,1H3. The van der Waals surface area contributed by atoms with E-state index in [4.69, 9.17) is 0 Å². The minimum absolute atomic E-state index is 0.193. The third kappa shape index (κ3) is 3.76. The Bertz CT molecular complexity index is 519. The van der Waals surface area contributed by atoms with Crippen LogP contribution in [-0.2, 0) is 16.4 Å². The van der Waals surface area contributed by atoms with Gasteiger partial charge >= 0.3 is 0 Å². The van der Waals surface area contributed by atoms with Crippen molar-refractivity contribution in [2.24, 2.45) is 5.92 Å². The molecule has 1 aromatic heterocycles. The first-order valence-electron chi connectivity index (χ1n) is 5.97. The smallest absolute Gasteiger partial charge is 0.151 e. The van der Waals surface area contributed by atoms with Crippen LogP contribution >= 0.6 is 15.9 Å². The molecule has 1 aromatic rings. The summed E-state index contributed by atoms with van der Waals surface area (Å²) in [5, 5.41) is 0. The lowest BCUT2D eigenvalue weighted by Crippen LogP contribution is -2.28. The first-order valence-corrected chi connectivity index (χ1v) is 8.59. The predicted molar refractivity (Wildman–Crippen MR) is 75.0 cm³/mol. The van der Waals surface area contributed by atoms with Crippen LogP contribution in [0.25, 0.3) is 0 Å². The Labute approximate surface area is 116 Å². The van der Waals surface area contributed by atoms with Crippen molar-refractivity contribution in [3.8, 4) is 0 Å². The second-order valence-corrected chi connectivity index (χ2v) is 8.00. The first kappa shape index (κ1) is 14.0. The predicted octanol–water partition coefficient (Wildman–Crippen LogP) is 1.71. The fourth-order valence-corrected chi connectivity index (χ4v) is 4.34. The van der Waals surface area contributed by atoms with E-state index in [9.17, 15) is 8.42 Å². The minimum atomic E-state index is -2.87. The number of hydrogen-bond donors (Lipinski definition) is 0. The number of hydrogen-bond acceptors (Lipinski definition) is 4. The SMILES string of the molecule is CC1CN(Cc2ccncc2Br)CCS(=O)(=O)C1. The van der Waals surface area contributed by atoms with Gasteiger partial charge in [0.15, 0.2) is 9.84 Å². The first-order chi connectivity index (χ1) is 8.46.